The highest BCUT2D eigenvalue weighted by molar-refractivity contribution is 8.04. The smallest absolute Gasteiger partial charge is 0.333 e. The van der Waals surface area contributed by atoms with Crippen molar-refractivity contribution in [1.29, 1.82) is 0 Å². The second-order valence-corrected chi connectivity index (χ2v) is 7.11. The zero-order valence-electron chi connectivity index (χ0n) is 14.2. The number of thioether (sulfide) groups is 1. The molecular weight excluding hydrogens is 328 g/mol. The van der Waals surface area contributed by atoms with Crippen LogP contribution in [0.5, 0.6) is 0 Å². The fraction of sp³-hybridized carbons (Fsp3) is 0.706. The number of hydrogen-bond acceptors (Lipinski definition) is 5. The largest absolute Gasteiger partial charge is 0.463 e. The lowest BCUT2D eigenvalue weighted by Gasteiger charge is -2.23. The van der Waals surface area contributed by atoms with Gasteiger partial charge in [-0.25, -0.2) is 4.79 Å². The Kier molecular flexibility index (Phi) is 7.62. The Balaban J connectivity index is 1.90. The van der Waals surface area contributed by atoms with E-state index in [-0.39, 0.29) is 36.8 Å². The molecule has 2 rings (SSSR count). The van der Waals surface area contributed by atoms with Crippen LogP contribution < -0.4 is 5.32 Å². The minimum absolute atomic E-state index is 0.0342. The summed E-state index contributed by atoms with van der Waals surface area (Å²) in [6.45, 7) is 1.97. The molecule has 1 N–H and O–H groups in total. The van der Waals surface area contributed by atoms with Crippen molar-refractivity contribution < 1.29 is 19.1 Å². The summed E-state index contributed by atoms with van der Waals surface area (Å²) in [6, 6.07) is 0.195. The maximum atomic E-state index is 12.3. The van der Waals surface area contributed by atoms with Crippen molar-refractivity contribution in [1.82, 2.24) is 10.2 Å². The number of carbonyl (C=O) groups is 3. The number of esters is 1. The van der Waals surface area contributed by atoms with E-state index in [1.54, 1.807) is 6.92 Å². The molecule has 134 valence electrons. The Bertz CT molecular complexity index is 499. The molecule has 0 aromatic carbocycles. The van der Waals surface area contributed by atoms with E-state index in [0.29, 0.717) is 5.03 Å². The van der Waals surface area contributed by atoms with Gasteiger partial charge >= 0.3 is 5.97 Å². The van der Waals surface area contributed by atoms with Gasteiger partial charge in [-0.1, -0.05) is 43.9 Å². The maximum absolute atomic E-state index is 12.3. The van der Waals surface area contributed by atoms with E-state index in [4.69, 9.17) is 4.74 Å². The molecule has 2 fully saturated rings. The Hall–Kier alpha value is -1.50. The zero-order chi connectivity index (χ0) is 17.4. The van der Waals surface area contributed by atoms with Crippen LogP contribution in [-0.4, -0.2) is 47.6 Å². The molecular formula is C17H26N2O4S. The number of rotatable bonds is 5. The molecule has 24 heavy (non-hydrogen) atoms. The molecule has 2 amide bonds. The van der Waals surface area contributed by atoms with Crippen LogP contribution in [0, 0.1) is 0 Å². The number of nitrogens with zero attached hydrogens (tertiary/aromatic N) is 1. The third kappa shape index (κ3) is 5.85. The summed E-state index contributed by atoms with van der Waals surface area (Å²) in [5.74, 6) is -0.545. The van der Waals surface area contributed by atoms with E-state index < -0.39 is 5.97 Å². The van der Waals surface area contributed by atoms with Crippen molar-refractivity contribution in [3.05, 3.63) is 11.1 Å². The van der Waals surface area contributed by atoms with Crippen LogP contribution in [0.15, 0.2) is 11.1 Å². The SMILES string of the molecule is CCOC(=O)/C=C1/SCC(=O)N1CC(=O)NC1CCCCCCC1. The van der Waals surface area contributed by atoms with Crippen molar-refractivity contribution in [3.63, 3.8) is 0 Å². The van der Waals surface area contributed by atoms with Gasteiger partial charge in [-0.3, -0.25) is 14.5 Å². The van der Waals surface area contributed by atoms with Gasteiger partial charge in [-0.2, -0.15) is 0 Å². The van der Waals surface area contributed by atoms with Crippen molar-refractivity contribution in [3.8, 4) is 0 Å². The number of nitrogens with one attached hydrogen (secondary N) is 1. The first kappa shape index (κ1) is 18.8. The normalized spacial score (nSPS) is 21.5. The van der Waals surface area contributed by atoms with Crippen LogP contribution in [0.2, 0.25) is 0 Å². The third-order valence-electron chi connectivity index (χ3n) is 4.21. The summed E-state index contributed by atoms with van der Waals surface area (Å²) in [6.07, 6.45) is 9.29. The molecule has 0 unspecified atom stereocenters. The third-order valence-corrected chi connectivity index (χ3v) is 5.24. The first-order valence-electron chi connectivity index (χ1n) is 8.71. The van der Waals surface area contributed by atoms with Crippen LogP contribution in [0.3, 0.4) is 0 Å². The molecule has 1 aliphatic heterocycles. The molecule has 0 atom stereocenters. The summed E-state index contributed by atoms with van der Waals surface area (Å²) in [4.78, 5) is 37.2. The number of ether oxygens (including phenoxy) is 1. The van der Waals surface area contributed by atoms with E-state index in [9.17, 15) is 14.4 Å². The van der Waals surface area contributed by atoms with Crippen LogP contribution in [0.4, 0.5) is 0 Å². The standard InChI is InChI=1S/C17H26N2O4S/c1-2-23-17(22)10-16-19(15(21)12-24-16)11-14(20)18-13-8-6-4-3-5-7-9-13/h10,13H,2-9,11-12H2,1H3,(H,18,20)/b16-10+. The molecule has 1 heterocycles. The monoisotopic (exact) mass is 354 g/mol. The fourth-order valence-electron chi connectivity index (χ4n) is 3.00. The lowest BCUT2D eigenvalue weighted by molar-refractivity contribution is -0.137. The second kappa shape index (κ2) is 9.71. The van der Waals surface area contributed by atoms with Crippen LogP contribution in [-0.2, 0) is 19.1 Å². The molecule has 0 spiro atoms. The molecule has 2 aliphatic rings. The van der Waals surface area contributed by atoms with Gasteiger partial charge in [0.15, 0.2) is 0 Å². The summed E-state index contributed by atoms with van der Waals surface area (Å²) in [7, 11) is 0. The lowest BCUT2D eigenvalue weighted by atomic mass is 9.97. The van der Waals surface area contributed by atoms with Crippen molar-refractivity contribution >= 4 is 29.5 Å². The van der Waals surface area contributed by atoms with Gasteiger partial charge in [0.05, 0.1) is 23.5 Å². The zero-order valence-corrected chi connectivity index (χ0v) is 15.0. The summed E-state index contributed by atoms with van der Waals surface area (Å²) in [5.41, 5.74) is 0. The first-order valence-corrected chi connectivity index (χ1v) is 9.69. The topological polar surface area (TPSA) is 75.7 Å². The molecule has 0 aromatic rings. The molecule has 0 aromatic heterocycles. The Morgan fingerprint density at radius 1 is 1.25 bits per heavy atom. The predicted octanol–water partition coefficient (Wildman–Crippen LogP) is 2.20. The van der Waals surface area contributed by atoms with E-state index in [2.05, 4.69) is 5.32 Å². The van der Waals surface area contributed by atoms with Gasteiger partial charge in [0.2, 0.25) is 11.8 Å². The maximum Gasteiger partial charge on any atom is 0.333 e. The Labute approximate surface area is 147 Å². The van der Waals surface area contributed by atoms with Crippen molar-refractivity contribution in [2.75, 3.05) is 18.9 Å². The average molecular weight is 354 g/mol. The van der Waals surface area contributed by atoms with Crippen LogP contribution in [0.1, 0.15) is 51.9 Å². The van der Waals surface area contributed by atoms with Gasteiger partial charge in [0.25, 0.3) is 0 Å². The molecule has 6 nitrogen and oxygen atoms in total. The van der Waals surface area contributed by atoms with Gasteiger partial charge in [0.1, 0.15) is 6.54 Å². The average Bonchev–Trinajstić information content (AvgIpc) is 2.83. The molecule has 7 heteroatoms. The minimum atomic E-state index is -0.486. The van der Waals surface area contributed by atoms with E-state index >= 15 is 0 Å². The quantitative estimate of drug-likeness (QED) is 0.605. The van der Waals surface area contributed by atoms with E-state index in [0.717, 1.165) is 25.7 Å². The predicted molar refractivity (Wildman–Crippen MR) is 93.1 cm³/mol. The number of hydrogen-bond donors (Lipinski definition) is 1. The van der Waals surface area contributed by atoms with Crippen molar-refractivity contribution in [2.24, 2.45) is 0 Å². The summed E-state index contributed by atoms with van der Waals surface area (Å²) >= 11 is 1.26. The highest BCUT2D eigenvalue weighted by atomic mass is 32.2. The number of carbonyl (C=O) groups excluding carboxylic acids is 3. The summed E-state index contributed by atoms with van der Waals surface area (Å²) in [5, 5.41) is 3.54. The number of amides is 2. The first-order chi connectivity index (χ1) is 11.6. The van der Waals surface area contributed by atoms with E-state index in [1.165, 1.54) is 42.0 Å². The highest BCUT2D eigenvalue weighted by Crippen LogP contribution is 2.28. The molecule has 1 saturated carbocycles. The molecule has 0 radical (unpaired) electrons. The lowest BCUT2D eigenvalue weighted by Crippen LogP contribution is -2.42. The van der Waals surface area contributed by atoms with E-state index in [1.807, 2.05) is 0 Å². The fourth-order valence-corrected chi connectivity index (χ4v) is 3.93. The second-order valence-electron chi connectivity index (χ2n) is 6.11. The molecule has 0 bridgehead atoms. The molecule has 1 aliphatic carbocycles. The Morgan fingerprint density at radius 3 is 2.58 bits per heavy atom. The van der Waals surface area contributed by atoms with Crippen molar-refractivity contribution in [2.45, 2.75) is 57.9 Å². The van der Waals surface area contributed by atoms with Crippen LogP contribution in [0.25, 0.3) is 0 Å². The van der Waals surface area contributed by atoms with Gasteiger partial charge in [-0.05, 0) is 19.8 Å². The Morgan fingerprint density at radius 2 is 1.92 bits per heavy atom. The van der Waals surface area contributed by atoms with Gasteiger partial charge in [0, 0.05) is 6.04 Å². The highest BCUT2D eigenvalue weighted by Gasteiger charge is 2.29. The summed E-state index contributed by atoms with van der Waals surface area (Å²) < 4.78 is 4.87. The van der Waals surface area contributed by atoms with Gasteiger partial charge < -0.3 is 10.1 Å². The molecule has 1 saturated heterocycles. The van der Waals surface area contributed by atoms with Gasteiger partial charge in [-0.15, -0.1) is 0 Å². The minimum Gasteiger partial charge on any atom is -0.463 e. The van der Waals surface area contributed by atoms with Crippen LogP contribution >= 0.6 is 11.8 Å².